The van der Waals surface area contributed by atoms with Crippen LogP contribution in [0.25, 0.3) is 48.9 Å². The molecule has 0 aliphatic heterocycles. The number of pyridine rings is 3. The van der Waals surface area contributed by atoms with Gasteiger partial charge in [-0.25, -0.2) is 26.3 Å². The van der Waals surface area contributed by atoms with E-state index in [1.54, 1.807) is 0 Å². The number of halogens is 6. The first kappa shape index (κ1) is 20.7. The monoisotopic (exact) mass is 471 g/mol. The third-order valence-corrected chi connectivity index (χ3v) is 6.48. The van der Waals surface area contributed by atoms with E-state index in [1.165, 1.54) is 12.1 Å². The summed E-state index contributed by atoms with van der Waals surface area (Å²) in [6, 6.07) is 4.92. The van der Waals surface area contributed by atoms with Crippen molar-refractivity contribution in [2.24, 2.45) is 0 Å². The molecular formula is C25H11F6NO2. The number of benzene rings is 3. The number of nitrogens with zero attached hydrogens (tertiary/aromatic N) is 1. The molecule has 0 N–H and O–H groups in total. The van der Waals surface area contributed by atoms with Crippen molar-refractivity contribution in [3.63, 3.8) is 0 Å². The quantitative estimate of drug-likeness (QED) is 0.126. The molecule has 6 aromatic rings. The first-order valence-electron chi connectivity index (χ1n) is 10.2. The second kappa shape index (κ2) is 6.37. The Bertz CT molecular complexity index is 1860. The van der Waals surface area contributed by atoms with Crippen LogP contribution in [0.2, 0.25) is 0 Å². The summed E-state index contributed by atoms with van der Waals surface area (Å²) in [7, 11) is 0. The fourth-order valence-electron chi connectivity index (χ4n) is 4.90. The van der Waals surface area contributed by atoms with Crippen molar-refractivity contribution in [1.82, 2.24) is 4.40 Å². The predicted molar refractivity (Wildman–Crippen MR) is 116 cm³/mol. The van der Waals surface area contributed by atoms with Crippen molar-refractivity contribution in [3.8, 4) is 0 Å². The number of hydrogen-bond acceptors (Lipinski definition) is 2. The van der Waals surface area contributed by atoms with E-state index in [0.29, 0.717) is 5.56 Å². The molecule has 3 nitrogen and oxygen atoms in total. The third-order valence-electron chi connectivity index (χ3n) is 6.48. The summed E-state index contributed by atoms with van der Waals surface area (Å²) in [5.41, 5.74) is -1.36. The highest BCUT2D eigenvalue weighted by Crippen LogP contribution is 2.42. The largest absolute Gasteiger partial charge is 0.307 e. The van der Waals surface area contributed by atoms with Crippen LogP contribution in [-0.4, -0.2) is 4.40 Å². The molecule has 0 saturated carbocycles. The molecular weight excluding hydrogens is 460 g/mol. The number of hydrogen-bond donors (Lipinski definition) is 0. The van der Waals surface area contributed by atoms with Crippen LogP contribution in [0.5, 0.6) is 0 Å². The highest BCUT2D eigenvalue weighted by atomic mass is 19.2. The second-order valence-electron chi connectivity index (χ2n) is 8.63. The topological polar surface area (TPSA) is 38.5 Å². The highest BCUT2D eigenvalue weighted by molar-refractivity contribution is 6.22. The highest BCUT2D eigenvalue weighted by Gasteiger charge is 2.31. The van der Waals surface area contributed by atoms with Gasteiger partial charge in [0.15, 0.2) is 45.8 Å². The fourth-order valence-corrected chi connectivity index (χ4v) is 4.90. The molecule has 0 atom stereocenters. The molecule has 0 bridgehead atoms. The van der Waals surface area contributed by atoms with Crippen LogP contribution in [0.1, 0.15) is 25.3 Å². The van der Waals surface area contributed by atoms with Crippen LogP contribution in [0.4, 0.5) is 26.3 Å². The summed E-state index contributed by atoms with van der Waals surface area (Å²) >= 11 is 0. The Morgan fingerprint density at radius 3 is 1.41 bits per heavy atom. The lowest BCUT2D eigenvalue weighted by molar-refractivity contribution is 0.442. The van der Waals surface area contributed by atoms with Gasteiger partial charge in [-0.05, 0) is 23.6 Å². The zero-order valence-corrected chi connectivity index (χ0v) is 17.4. The van der Waals surface area contributed by atoms with Gasteiger partial charge in [0.1, 0.15) is 0 Å². The molecule has 0 amide bonds. The molecule has 0 aliphatic rings. The number of fused-ring (bicyclic) bond motifs is 2. The lowest BCUT2D eigenvalue weighted by atomic mass is 9.93. The molecule has 6 rings (SSSR count). The average Bonchev–Trinajstić information content (AvgIpc) is 2.79. The fraction of sp³-hybridized carbons (Fsp3) is 0.120. The Hall–Kier alpha value is -3.88. The van der Waals surface area contributed by atoms with Gasteiger partial charge >= 0.3 is 0 Å². The van der Waals surface area contributed by atoms with Gasteiger partial charge in [-0.3, -0.25) is 9.59 Å². The predicted octanol–water partition coefficient (Wildman–Crippen LogP) is 6.11. The Morgan fingerprint density at radius 2 is 1.00 bits per heavy atom. The van der Waals surface area contributed by atoms with Crippen LogP contribution in [0.3, 0.4) is 0 Å². The van der Waals surface area contributed by atoms with Gasteiger partial charge in [0.05, 0.1) is 21.9 Å². The lowest BCUT2D eigenvalue weighted by Crippen LogP contribution is -2.15. The minimum absolute atomic E-state index is 0.0125. The molecule has 0 unspecified atom stereocenters. The van der Waals surface area contributed by atoms with Crippen LogP contribution < -0.4 is 10.9 Å². The normalized spacial score (nSPS) is 12.6. The van der Waals surface area contributed by atoms with Crippen molar-refractivity contribution >= 4 is 48.9 Å². The smallest absolute Gasteiger partial charge is 0.195 e. The van der Waals surface area contributed by atoms with E-state index in [9.17, 15) is 27.2 Å². The van der Waals surface area contributed by atoms with E-state index in [2.05, 4.69) is 0 Å². The molecule has 0 aliphatic carbocycles. The van der Waals surface area contributed by atoms with Gasteiger partial charge < -0.3 is 4.40 Å². The van der Waals surface area contributed by atoms with Crippen LogP contribution in [0.15, 0.2) is 33.9 Å². The van der Waals surface area contributed by atoms with Gasteiger partial charge in [0, 0.05) is 39.1 Å². The Balaban J connectivity index is 2.11. The van der Waals surface area contributed by atoms with E-state index in [0.717, 1.165) is 16.5 Å². The molecule has 0 saturated heterocycles. The van der Waals surface area contributed by atoms with E-state index in [1.807, 2.05) is 13.8 Å². The van der Waals surface area contributed by atoms with E-state index in [4.69, 9.17) is 0 Å². The summed E-state index contributed by atoms with van der Waals surface area (Å²) in [5, 5.41) is -3.61. The van der Waals surface area contributed by atoms with E-state index < -0.39 is 67.3 Å². The lowest BCUT2D eigenvalue weighted by Gasteiger charge is -2.20. The van der Waals surface area contributed by atoms with Crippen molar-refractivity contribution in [1.29, 1.82) is 0 Å². The Morgan fingerprint density at radius 1 is 0.588 bits per heavy atom. The molecule has 0 spiro atoms. The molecule has 0 fully saturated rings. The Labute approximate surface area is 185 Å². The van der Waals surface area contributed by atoms with Gasteiger partial charge in [-0.15, -0.1) is 0 Å². The summed E-state index contributed by atoms with van der Waals surface area (Å²) in [4.78, 5) is 26.1. The zero-order chi connectivity index (χ0) is 24.4. The van der Waals surface area contributed by atoms with Gasteiger partial charge in [0.2, 0.25) is 0 Å². The first-order chi connectivity index (χ1) is 16.0. The van der Waals surface area contributed by atoms with Crippen LogP contribution >= 0.6 is 0 Å². The van der Waals surface area contributed by atoms with Crippen molar-refractivity contribution in [2.45, 2.75) is 19.8 Å². The van der Waals surface area contributed by atoms with E-state index in [-0.39, 0.29) is 33.2 Å². The SMILES string of the molecule is CC(C)c1cc2c(=O)cc3c4c(F)c(F)c(F)c5c(F)c(F)c(F)c(c54)c4cc(=O)c(c1)c2n34. The molecule has 34 heavy (non-hydrogen) atoms. The van der Waals surface area contributed by atoms with Gasteiger partial charge in [-0.1, -0.05) is 13.8 Å². The van der Waals surface area contributed by atoms with Crippen molar-refractivity contribution in [2.75, 3.05) is 0 Å². The summed E-state index contributed by atoms with van der Waals surface area (Å²) in [6.45, 7) is 3.68. The maximum absolute atomic E-state index is 15.1. The van der Waals surface area contributed by atoms with Crippen LogP contribution in [-0.2, 0) is 0 Å². The minimum Gasteiger partial charge on any atom is -0.307 e. The second-order valence-corrected chi connectivity index (χ2v) is 8.63. The van der Waals surface area contributed by atoms with Crippen molar-refractivity contribution in [3.05, 3.63) is 85.2 Å². The summed E-state index contributed by atoms with van der Waals surface area (Å²) in [5.74, 6) is -12.0. The maximum Gasteiger partial charge on any atom is 0.195 e. The van der Waals surface area contributed by atoms with Gasteiger partial charge in [-0.2, -0.15) is 0 Å². The Kier molecular flexibility index (Phi) is 3.88. The minimum atomic E-state index is -2.10. The molecule has 9 heteroatoms. The summed E-state index contributed by atoms with van der Waals surface area (Å²) in [6.07, 6.45) is 0. The average molecular weight is 471 g/mol. The molecule has 3 heterocycles. The standard InChI is InChI=1S/C25H11F6NO2/c1-7(2)8-3-9-13(33)5-11-15-17-16(12-6-14(34)10(4-8)25(9)32(11)12)20(27)24(31)22(29)18(17)21(28)23(30)19(15)26/h3-7H,1-2H3. The first-order valence-corrected chi connectivity index (χ1v) is 10.2. The number of aromatic nitrogens is 1. The maximum atomic E-state index is 15.1. The molecule has 170 valence electrons. The molecule has 0 radical (unpaired) electrons. The zero-order valence-electron chi connectivity index (χ0n) is 17.4. The number of rotatable bonds is 1. The van der Waals surface area contributed by atoms with Crippen LogP contribution in [0, 0.1) is 34.9 Å². The molecule has 3 aromatic heterocycles. The van der Waals surface area contributed by atoms with Crippen molar-refractivity contribution < 1.29 is 26.3 Å². The van der Waals surface area contributed by atoms with E-state index >= 15 is 8.78 Å². The van der Waals surface area contributed by atoms with Gasteiger partial charge in [0.25, 0.3) is 0 Å². The molecule has 3 aromatic carbocycles. The summed E-state index contributed by atoms with van der Waals surface area (Å²) < 4.78 is 89.6. The third kappa shape index (κ3) is 2.24.